The molecule has 92 valence electrons. The van der Waals surface area contributed by atoms with Crippen molar-refractivity contribution in [2.45, 2.75) is 19.8 Å². The lowest BCUT2D eigenvalue weighted by Crippen LogP contribution is -2.15. The molecule has 0 aliphatic rings. The summed E-state index contributed by atoms with van der Waals surface area (Å²) in [4.78, 5) is 0. The molecule has 0 aromatic heterocycles. The van der Waals surface area contributed by atoms with Crippen LogP contribution in [-0.4, -0.2) is 46.6 Å². The maximum absolute atomic E-state index is 11.0. The molecule has 15 heavy (non-hydrogen) atoms. The Bertz CT molecular complexity index is 225. The number of rotatable bonds is 10. The van der Waals surface area contributed by atoms with Crippen molar-refractivity contribution in [3.63, 3.8) is 0 Å². The lowest BCUT2D eigenvalue weighted by Gasteiger charge is -2.05. The third kappa shape index (κ3) is 10.1. The normalized spacial score (nSPS) is 11.9. The smallest absolute Gasteiger partial charge is 0.394 e. The van der Waals surface area contributed by atoms with Gasteiger partial charge in [0.15, 0.2) is 0 Å². The monoisotopic (exact) mass is 242 g/mol. The molecule has 0 saturated carbocycles. The van der Waals surface area contributed by atoms with Crippen LogP contribution in [-0.2, 0) is 23.5 Å². The van der Waals surface area contributed by atoms with Crippen LogP contribution in [0.1, 0.15) is 19.8 Å². The third-order valence-corrected chi connectivity index (χ3v) is 2.33. The van der Waals surface area contributed by atoms with E-state index in [2.05, 4.69) is 8.37 Å². The number of unbranched alkanes of at least 4 members (excludes halogenated alkanes) is 1. The molecule has 0 aromatic rings. The first-order valence-corrected chi connectivity index (χ1v) is 6.18. The molecule has 0 saturated heterocycles. The van der Waals surface area contributed by atoms with Crippen LogP contribution in [0.3, 0.4) is 0 Å². The van der Waals surface area contributed by atoms with Gasteiger partial charge in [-0.2, -0.15) is 8.42 Å². The number of ether oxygens (including phenoxy) is 1. The Kier molecular flexibility index (Phi) is 8.92. The summed E-state index contributed by atoms with van der Waals surface area (Å²) in [5, 5.41) is 8.36. The molecule has 7 heteroatoms. The zero-order valence-corrected chi connectivity index (χ0v) is 9.66. The Labute approximate surface area is 90.5 Å². The summed E-state index contributed by atoms with van der Waals surface area (Å²) in [6, 6.07) is 0. The summed E-state index contributed by atoms with van der Waals surface area (Å²) >= 11 is 0. The molecule has 0 spiro atoms. The summed E-state index contributed by atoms with van der Waals surface area (Å²) in [6.45, 7) is 2.14. The van der Waals surface area contributed by atoms with Crippen LogP contribution in [0.5, 0.6) is 0 Å². The summed E-state index contributed by atoms with van der Waals surface area (Å²) in [7, 11) is -3.88. The minimum Gasteiger partial charge on any atom is -0.394 e. The first-order valence-electron chi connectivity index (χ1n) is 4.84. The Morgan fingerprint density at radius 2 is 1.73 bits per heavy atom. The molecule has 0 rings (SSSR count). The van der Waals surface area contributed by atoms with Gasteiger partial charge in [0.05, 0.1) is 33.0 Å². The van der Waals surface area contributed by atoms with E-state index in [4.69, 9.17) is 9.84 Å². The van der Waals surface area contributed by atoms with Gasteiger partial charge in [0, 0.05) is 0 Å². The van der Waals surface area contributed by atoms with Crippen LogP contribution in [0.4, 0.5) is 0 Å². The summed E-state index contributed by atoms with van der Waals surface area (Å²) in [6.07, 6.45) is 1.53. The molecule has 0 fully saturated rings. The standard InChI is InChI=1S/C8H18O6S/c1-2-3-5-13-15(10,11)14-8-7-12-6-4-9/h9H,2-8H2,1H3. The van der Waals surface area contributed by atoms with E-state index in [1.807, 2.05) is 6.92 Å². The SMILES string of the molecule is CCCCOS(=O)(=O)OCCOCCO. The fraction of sp³-hybridized carbons (Fsp3) is 1.00. The van der Waals surface area contributed by atoms with Crippen molar-refractivity contribution in [2.24, 2.45) is 0 Å². The molecule has 0 atom stereocenters. The molecule has 1 N–H and O–H groups in total. The van der Waals surface area contributed by atoms with Gasteiger partial charge in [-0.3, -0.25) is 0 Å². The van der Waals surface area contributed by atoms with Crippen molar-refractivity contribution in [1.29, 1.82) is 0 Å². The molecule has 0 radical (unpaired) electrons. The first-order chi connectivity index (χ1) is 7.12. The summed E-state index contributed by atoms with van der Waals surface area (Å²) < 4.78 is 35.8. The van der Waals surface area contributed by atoms with Gasteiger partial charge in [-0.1, -0.05) is 13.3 Å². The molecular weight excluding hydrogens is 224 g/mol. The average Bonchev–Trinajstić information content (AvgIpc) is 2.17. The zero-order valence-electron chi connectivity index (χ0n) is 8.85. The second-order valence-electron chi connectivity index (χ2n) is 2.74. The van der Waals surface area contributed by atoms with Crippen molar-refractivity contribution >= 4 is 10.4 Å². The van der Waals surface area contributed by atoms with E-state index in [-0.39, 0.29) is 33.0 Å². The topological polar surface area (TPSA) is 82.1 Å². The van der Waals surface area contributed by atoms with Gasteiger partial charge in [-0.15, -0.1) is 0 Å². The van der Waals surface area contributed by atoms with Crippen molar-refractivity contribution in [1.82, 2.24) is 0 Å². The van der Waals surface area contributed by atoms with Gasteiger partial charge in [0.1, 0.15) is 0 Å². The highest BCUT2D eigenvalue weighted by molar-refractivity contribution is 7.81. The van der Waals surface area contributed by atoms with Crippen LogP contribution in [0.25, 0.3) is 0 Å². The molecule has 0 unspecified atom stereocenters. The second-order valence-corrected chi connectivity index (χ2v) is 4.03. The van der Waals surface area contributed by atoms with Gasteiger partial charge in [0.2, 0.25) is 0 Å². The van der Waals surface area contributed by atoms with Gasteiger partial charge >= 0.3 is 10.4 Å². The number of hydrogen-bond acceptors (Lipinski definition) is 6. The Morgan fingerprint density at radius 3 is 2.33 bits per heavy atom. The summed E-state index contributed by atoms with van der Waals surface area (Å²) in [5.74, 6) is 0. The number of aliphatic hydroxyl groups is 1. The van der Waals surface area contributed by atoms with Crippen molar-refractivity contribution < 1.29 is 26.6 Å². The third-order valence-electron chi connectivity index (χ3n) is 1.42. The van der Waals surface area contributed by atoms with Crippen molar-refractivity contribution in [2.75, 3.05) is 33.0 Å². The minimum absolute atomic E-state index is 0.0975. The number of aliphatic hydroxyl groups excluding tert-OH is 1. The Morgan fingerprint density at radius 1 is 1.07 bits per heavy atom. The van der Waals surface area contributed by atoms with Crippen LogP contribution in [0.15, 0.2) is 0 Å². The van der Waals surface area contributed by atoms with E-state index < -0.39 is 10.4 Å². The number of hydrogen-bond donors (Lipinski definition) is 1. The molecule has 6 nitrogen and oxygen atoms in total. The largest absolute Gasteiger partial charge is 0.399 e. The Balaban J connectivity index is 3.47. The lowest BCUT2D eigenvalue weighted by atomic mass is 10.4. The van der Waals surface area contributed by atoms with Crippen molar-refractivity contribution in [3.05, 3.63) is 0 Å². The molecule has 0 amide bonds. The molecule has 0 bridgehead atoms. The van der Waals surface area contributed by atoms with Crippen LogP contribution in [0.2, 0.25) is 0 Å². The molecule has 0 aromatic carbocycles. The predicted octanol–water partition coefficient (Wildman–Crippen LogP) is 0.0734. The fourth-order valence-corrected chi connectivity index (χ4v) is 1.36. The van der Waals surface area contributed by atoms with E-state index in [1.54, 1.807) is 0 Å². The van der Waals surface area contributed by atoms with Crippen molar-refractivity contribution in [3.8, 4) is 0 Å². The van der Waals surface area contributed by atoms with Gasteiger partial charge < -0.3 is 9.84 Å². The highest BCUT2D eigenvalue weighted by atomic mass is 32.3. The molecule has 0 aliphatic carbocycles. The van der Waals surface area contributed by atoms with Crippen LogP contribution >= 0.6 is 0 Å². The van der Waals surface area contributed by atoms with E-state index in [1.165, 1.54) is 0 Å². The Hall–Kier alpha value is -0.210. The van der Waals surface area contributed by atoms with Gasteiger partial charge in [-0.25, -0.2) is 8.37 Å². The maximum atomic E-state index is 11.0. The zero-order chi connectivity index (χ0) is 11.6. The van der Waals surface area contributed by atoms with E-state index >= 15 is 0 Å². The average molecular weight is 242 g/mol. The molecule has 0 heterocycles. The van der Waals surface area contributed by atoms with E-state index in [0.717, 1.165) is 6.42 Å². The fourth-order valence-electron chi connectivity index (χ4n) is 0.701. The first kappa shape index (κ1) is 14.8. The van der Waals surface area contributed by atoms with Crippen LogP contribution < -0.4 is 0 Å². The maximum Gasteiger partial charge on any atom is 0.399 e. The molecule has 0 aliphatic heterocycles. The highest BCUT2D eigenvalue weighted by Gasteiger charge is 2.10. The van der Waals surface area contributed by atoms with Crippen LogP contribution in [0, 0.1) is 0 Å². The van der Waals surface area contributed by atoms with Gasteiger partial charge in [0.25, 0.3) is 0 Å². The second kappa shape index (κ2) is 9.05. The van der Waals surface area contributed by atoms with E-state index in [0.29, 0.717) is 6.42 Å². The quantitative estimate of drug-likeness (QED) is 0.546. The highest BCUT2D eigenvalue weighted by Crippen LogP contribution is 1.98. The summed E-state index contributed by atoms with van der Waals surface area (Å²) in [5.41, 5.74) is 0. The lowest BCUT2D eigenvalue weighted by molar-refractivity contribution is 0.0669. The predicted molar refractivity (Wildman–Crippen MR) is 53.6 cm³/mol. The van der Waals surface area contributed by atoms with E-state index in [9.17, 15) is 8.42 Å². The molecular formula is C8H18O6S. The minimum atomic E-state index is -3.88. The van der Waals surface area contributed by atoms with Gasteiger partial charge in [-0.05, 0) is 6.42 Å².